The highest BCUT2D eigenvalue weighted by molar-refractivity contribution is 5.17. The Balaban J connectivity index is 1.56. The fraction of sp³-hybridized carbons (Fsp3) is 0.931. The highest BCUT2D eigenvalue weighted by Crippen LogP contribution is 2.69. The molecule has 4 aliphatic rings. The summed E-state index contributed by atoms with van der Waals surface area (Å²) in [4.78, 5) is 0. The summed E-state index contributed by atoms with van der Waals surface area (Å²) in [5.41, 5.74) is -1.06. The van der Waals surface area contributed by atoms with Crippen LogP contribution in [0.15, 0.2) is 12.2 Å². The van der Waals surface area contributed by atoms with Crippen LogP contribution >= 0.6 is 0 Å². The monoisotopic (exact) mass is 446 g/mol. The van der Waals surface area contributed by atoms with Gasteiger partial charge in [-0.3, -0.25) is 0 Å². The van der Waals surface area contributed by atoms with Gasteiger partial charge in [-0.2, -0.15) is 0 Å². The van der Waals surface area contributed by atoms with Gasteiger partial charge in [0, 0.05) is 11.8 Å². The van der Waals surface area contributed by atoms with Gasteiger partial charge in [0.05, 0.1) is 17.8 Å². The summed E-state index contributed by atoms with van der Waals surface area (Å²) in [5.74, 6) is 4.31. The minimum absolute atomic E-state index is 0.273. The van der Waals surface area contributed by atoms with Crippen LogP contribution in [0.25, 0.3) is 0 Å². The number of hydrogen-bond acceptors (Lipinski definition) is 3. The van der Waals surface area contributed by atoms with Crippen LogP contribution in [0.4, 0.5) is 0 Å². The molecule has 3 nitrogen and oxygen atoms in total. The standard InChI is InChI=1S/C29H50O3/c1-7-20(18(2)3)9-8-19(4)23-10-11-24-22-16-26(31)29(32)17-21(30)12-15-28(29,6)25(22)13-14-27(23,24)5/h8-9,18-26,30-32H,7,10-17H2,1-6H3/t19-,20-,21+,22+,23-,24+,25+,26-,27-,28-,29+/m1/s1. The molecule has 32 heavy (non-hydrogen) atoms. The Hall–Kier alpha value is -0.380. The third kappa shape index (κ3) is 3.64. The maximum absolute atomic E-state index is 11.6. The lowest BCUT2D eigenvalue weighted by Crippen LogP contribution is -2.68. The number of aliphatic hydroxyl groups excluding tert-OH is 2. The predicted molar refractivity (Wildman–Crippen MR) is 131 cm³/mol. The molecule has 3 heteroatoms. The Labute approximate surface area is 197 Å². The van der Waals surface area contributed by atoms with Crippen molar-refractivity contribution in [1.29, 1.82) is 0 Å². The molecule has 0 radical (unpaired) electrons. The van der Waals surface area contributed by atoms with E-state index < -0.39 is 17.8 Å². The second-order valence-electron chi connectivity index (χ2n) is 13.2. The van der Waals surface area contributed by atoms with Gasteiger partial charge in [-0.15, -0.1) is 0 Å². The Morgan fingerprint density at radius 1 is 0.938 bits per heavy atom. The SMILES string of the molecule is CC[C@H](C=C[C@@H](C)[C@H]1CC[C@H]2[C@@H]3C[C@@H](O)[C@@]4(O)C[C@@H](O)CC[C@]4(C)[C@H]3CC[C@]12C)C(C)C. The molecule has 0 aromatic heterocycles. The van der Waals surface area contributed by atoms with Crippen molar-refractivity contribution in [3.8, 4) is 0 Å². The highest BCUT2D eigenvalue weighted by atomic mass is 16.3. The van der Waals surface area contributed by atoms with Gasteiger partial charge in [0.25, 0.3) is 0 Å². The van der Waals surface area contributed by atoms with Crippen molar-refractivity contribution in [2.75, 3.05) is 0 Å². The van der Waals surface area contributed by atoms with Gasteiger partial charge in [0.15, 0.2) is 0 Å². The van der Waals surface area contributed by atoms with Crippen LogP contribution in [-0.2, 0) is 0 Å². The fourth-order valence-electron chi connectivity index (χ4n) is 9.45. The van der Waals surface area contributed by atoms with E-state index in [1.54, 1.807) is 0 Å². The summed E-state index contributed by atoms with van der Waals surface area (Å²) in [6, 6.07) is 0. The third-order valence-corrected chi connectivity index (χ3v) is 11.5. The molecule has 4 saturated carbocycles. The van der Waals surface area contributed by atoms with E-state index in [9.17, 15) is 15.3 Å². The van der Waals surface area contributed by atoms with E-state index >= 15 is 0 Å². The van der Waals surface area contributed by atoms with Gasteiger partial charge < -0.3 is 15.3 Å². The average molecular weight is 447 g/mol. The van der Waals surface area contributed by atoms with Gasteiger partial charge in [-0.25, -0.2) is 0 Å². The lowest BCUT2D eigenvalue weighted by atomic mass is 9.42. The van der Waals surface area contributed by atoms with Crippen molar-refractivity contribution in [2.45, 2.75) is 117 Å². The molecule has 0 aromatic carbocycles. The largest absolute Gasteiger partial charge is 0.393 e. The lowest BCUT2D eigenvalue weighted by Gasteiger charge is -2.65. The maximum atomic E-state index is 11.6. The van der Waals surface area contributed by atoms with Crippen LogP contribution in [0.3, 0.4) is 0 Å². The summed E-state index contributed by atoms with van der Waals surface area (Å²) < 4.78 is 0. The lowest BCUT2D eigenvalue weighted by molar-refractivity contribution is -0.264. The second kappa shape index (κ2) is 8.68. The van der Waals surface area contributed by atoms with E-state index in [4.69, 9.17) is 0 Å². The Morgan fingerprint density at radius 2 is 1.66 bits per heavy atom. The van der Waals surface area contributed by atoms with Crippen molar-refractivity contribution >= 4 is 0 Å². The molecule has 0 spiro atoms. The Bertz CT molecular complexity index is 703. The fourth-order valence-corrected chi connectivity index (χ4v) is 9.45. The normalized spacial score (nSPS) is 50.7. The molecular formula is C29H50O3. The van der Waals surface area contributed by atoms with Crippen molar-refractivity contribution in [2.24, 2.45) is 52.3 Å². The van der Waals surface area contributed by atoms with Gasteiger partial charge in [-0.1, -0.05) is 53.7 Å². The van der Waals surface area contributed by atoms with Crippen LogP contribution < -0.4 is 0 Å². The zero-order valence-corrected chi connectivity index (χ0v) is 21.6. The van der Waals surface area contributed by atoms with E-state index in [1.807, 2.05) is 0 Å². The Kier molecular flexibility index (Phi) is 6.71. The van der Waals surface area contributed by atoms with Crippen LogP contribution in [0.1, 0.15) is 99.3 Å². The first-order valence-electron chi connectivity index (χ1n) is 13.7. The molecule has 4 rings (SSSR count). The summed E-state index contributed by atoms with van der Waals surface area (Å²) in [7, 11) is 0. The smallest absolute Gasteiger partial charge is 0.0985 e. The van der Waals surface area contributed by atoms with Crippen molar-refractivity contribution in [1.82, 2.24) is 0 Å². The molecule has 184 valence electrons. The second-order valence-corrected chi connectivity index (χ2v) is 13.2. The molecule has 0 aliphatic heterocycles. The summed E-state index contributed by atoms with van der Waals surface area (Å²) >= 11 is 0. The van der Waals surface area contributed by atoms with E-state index in [0.29, 0.717) is 59.7 Å². The highest BCUT2D eigenvalue weighted by Gasteiger charge is 2.67. The van der Waals surface area contributed by atoms with E-state index in [0.717, 1.165) is 19.3 Å². The molecule has 0 heterocycles. The van der Waals surface area contributed by atoms with Crippen molar-refractivity contribution in [3.05, 3.63) is 12.2 Å². The number of aliphatic hydroxyl groups is 3. The number of rotatable bonds is 5. The first-order chi connectivity index (χ1) is 15.0. The molecule has 3 N–H and O–H groups in total. The summed E-state index contributed by atoms with van der Waals surface area (Å²) in [5, 5.41) is 33.2. The van der Waals surface area contributed by atoms with Gasteiger partial charge in [0.2, 0.25) is 0 Å². The van der Waals surface area contributed by atoms with E-state index in [2.05, 4.69) is 53.7 Å². The van der Waals surface area contributed by atoms with Gasteiger partial charge >= 0.3 is 0 Å². The molecule has 0 unspecified atom stereocenters. The Morgan fingerprint density at radius 3 is 2.31 bits per heavy atom. The topological polar surface area (TPSA) is 60.7 Å². The first-order valence-corrected chi connectivity index (χ1v) is 13.7. The first kappa shape index (κ1) is 24.7. The van der Waals surface area contributed by atoms with Gasteiger partial charge in [-0.05, 0) is 98.2 Å². The van der Waals surface area contributed by atoms with E-state index in [1.165, 1.54) is 25.7 Å². The molecule has 4 aliphatic carbocycles. The molecular weight excluding hydrogens is 396 g/mol. The van der Waals surface area contributed by atoms with Crippen LogP contribution in [0.5, 0.6) is 0 Å². The van der Waals surface area contributed by atoms with E-state index in [-0.39, 0.29) is 5.41 Å². The molecule has 0 aromatic rings. The number of hydrogen-bond donors (Lipinski definition) is 3. The quantitative estimate of drug-likeness (QED) is 0.456. The molecule has 4 fully saturated rings. The molecule has 11 atom stereocenters. The minimum Gasteiger partial charge on any atom is -0.393 e. The van der Waals surface area contributed by atoms with Crippen LogP contribution in [0, 0.1) is 52.3 Å². The number of allylic oxidation sites excluding steroid dienone is 2. The minimum atomic E-state index is -1.13. The van der Waals surface area contributed by atoms with Crippen molar-refractivity contribution in [3.63, 3.8) is 0 Å². The molecule has 0 saturated heterocycles. The zero-order chi connectivity index (χ0) is 23.5. The molecule has 0 bridgehead atoms. The predicted octanol–water partition coefficient (Wildman–Crippen LogP) is 5.97. The maximum Gasteiger partial charge on any atom is 0.0985 e. The summed E-state index contributed by atoms with van der Waals surface area (Å²) in [6.07, 6.45) is 12.7. The third-order valence-electron chi connectivity index (χ3n) is 11.5. The summed E-state index contributed by atoms with van der Waals surface area (Å²) in [6.45, 7) is 14.2. The average Bonchev–Trinajstić information content (AvgIpc) is 3.08. The van der Waals surface area contributed by atoms with Crippen LogP contribution in [-0.4, -0.2) is 33.1 Å². The van der Waals surface area contributed by atoms with Gasteiger partial charge in [0.1, 0.15) is 0 Å². The van der Waals surface area contributed by atoms with Crippen molar-refractivity contribution < 1.29 is 15.3 Å². The number of fused-ring (bicyclic) bond motifs is 5. The van der Waals surface area contributed by atoms with Crippen LogP contribution in [0.2, 0.25) is 0 Å². The molecule has 0 amide bonds. The zero-order valence-electron chi connectivity index (χ0n) is 21.6.